The molecular weight excluding hydrogens is 234 g/mol. The normalized spacial score (nSPS) is 18.1. The number of nitrogens with one attached hydrogen (secondary N) is 1. The van der Waals surface area contributed by atoms with Crippen LogP contribution in [0.4, 0.5) is 0 Å². The lowest BCUT2D eigenvalue weighted by Gasteiger charge is -2.35. The molecule has 3 rings (SSSR count). The van der Waals surface area contributed by atoms with Crippen LogP contribution in [0.1, 0.15) is 17.2 Å². The standard InChI is InChI=1S/C16H19N3/c1-2-4-14(5-3-1)16(15-6-8-17-9-7-15)19-12-10-18-11-13-19/h1-9,16,18H,10-13H2/t16-/m1/s1. The maximum absolute atomic E-state index is 4.14. The summed E-state index contributed by atoms with van der Waals surface area (Å²) in [6.07, 6.45) is 3.76. The van der Waals surface area contributed by atoms with Gasteiger partial charge in [-0.15, -0.1) is 0 Å². The highest BCUT2D eigenvalue weighted by Gasteiger charge is 2.23. The summed E-state index contributed by atoms with van der Waals surface area (Å²) in [6, 6.07) is 15.3. The Kier molecular flexibility index (Phi) is 3.86. The Morgan fingerprint density at radius 1 is 0.895 bits per heavy atom. The van der Waals surface area contributed by atoms with E-state index < -0.39 is 0 Å². The summed E-state index contributed by atoms with van der Waals surface area (Å²) in [5.74, 6) is 0. The van der Waals surface area contributed by atoms with E-state index in [0.717, 1.165) is 26.2 Å². The molecule has 3 nitrogen and oxygen atoms in total. The maximum atomic E-state index is 4.14. The average Bonchev–Trinajstić information content (AvgIpc) is 2.51. The highest BCUT2D eigenvalue weighted by Crippen LogP contribution is 2.28. The van der Waals surface area contributed by atoms with Gasteiger partial charge in [0, 0.05) is 38.6 Å². The molecule has 2 heterocycles. The van der Waals surface area contributed by atoms with Crippen molar-refractivity contribution in [2.24, 2.45) is 0 Å². The monoisotopic (exact) mass is 253 g/mol. The summed E-state index contributed by atoms with van der Waals surface area (Å²) in [6.45, 7) is 4.30. The number of piperazine rings is 1. The Hall–Kier alpha value is -1.71. The first kappa shape index (κ1) is 12.3. The Bertz CT molecular complexity index is 452. The molecule has 0 aliphatic carbocycles. The molecule has 2 aromatic rings. The molecule has 1 atom stereocenters. The van der Waals surface area contributed by atoms with Crippen LogP contribution in [0.15, 0.2) is 54.9 Å². The number of pyridine rings is 1. The quantitative estimate of drug-likeness (QED) is 0.907. The maximum Gasteiger partial charge on any atom is 0.0603 e. The van der Waals surface area contributed by atoms with Crippen LogP contribution in [-0.2, 0) is 0 Å². The van der Waals surface area contributed by atoms with Gasteiger partial charge in [-0.05, 0) is 23.3 Å². The number of benzene rings is 1. The van der Waals surface area contributed by atoms with Gasteiger partial charge in [0.1, 0.15) is 0 Å². The lowest BCUT2D eigenvalue weighted by Crippen LogP contribution is -2.45. The first-order valence-corrected chi connectivity index (χ1v) is 6.85. The van der Waals surface area contributed by atoms with Gasteiger partial charge in [-0.3, -0.25) is 9.88 Å². The average molecular weight is 253 g/mol. The molecule has 1 aromatic carbocycles. The highest BCUT2D eigenvalue weighted by molar-refractivity contribution is 5.30. The summed E-state index contributed by atoms with van der Waals surface area (Å²) in [5.41, 5.74) is 2.68. The van der Waals surface area contributed by atoms with Crippen LogP contribution < -0.4 is 5.32 Å². The molecule has 0 saturated carbocycles. The zero-order chi connectivity index (χ0) is 12.9. The van der Waals surface area contributed by atoms with Gasteiger partial charge in [0.25, 0.3) is 0 Å². The lowest BCUT2D eigenvalue weighted by molar-refractivity contribution is 0.198. The molecular formula is C16H19N3. The van der Waals surface area contributed by atoms with Crippen molar-refractivity contribution < 1.29 is 0 Å². The summed E-state index contributed by atoms with van der Waals surface area (Å²) in [7, 11) is 0. The number of hydrogen-bond acceptors (Lipinski definition) is 3. The Balaban J connectivity index is 1.96. The molecule has 19 heavy (non-hydrogen) atoms. The second-order valence-corrected chi connectivity index (χ2v) is 4.88. The molecule has 0 radical (unpaired) electrons. The van der Waals surface area contributed by atoms with E-state index in [-0.39, 0.29) is 0 Å². The molecule has 1 fully saturated rings. The minimum absolute atomic E-state index is 0.339. The molecule has 98 valence electrons. The van der Waals surface area contributed by atoms with Crippen LogP contribution in [0, 0.1) is 0 Å². The fourth-order valence-corrected chi connectivity index (χ4v) is 2.74. The number of rotatable bonds is 3. The van der Waals surface area contributed by atoms with Gasteiger partial charge in [-0.25, -0.2) is 0 Å². The van der Waals surface area contributed by atoms with E-state index in [1.54, 1.807) is 0 Å². The summed E-state index contributed by atoms with van der Waals surface area (Å²) >= 11 is 0. The van der Waals surface area contributed by atoms with Crippen molar-refractivity contribution in [1.82, 2.24) is 15.2 Å². The number of aromatic nitrogens is 1. The third-order valence-electron chi connectivity index (χ3n) is 3.65. The minimum atomic E-state index is 0.339. The first-order chi connectivity index (χ1) is 9.45. The predicted molar refractivity (Wildman–Crippen MR) is 77.0 cm³/mol. The van der Waals surface area contributed by atoms with Gasteiger partial charge in [0.05, 0.1) is 6.04 Å². The van der Waals surface area contributed by atoms with Gasteiger partial charge in [-0.2, -0.15) is 0 Å². The lowest BCUT2D eigenvalue weighted by atomic mass is 9.97. The van der Waals surface area contributed by atoms with E-state index in [9.17, 15) is 0 Å². The minimum Gasteiger partial charge on any atom is -0.314 e. The van der Waals surface area contributed by atoms with Crippen molar-refractivity contribution in [1.29, 1.82) is 0 Å². The molecule has 3 heteroatoms. The van der Waals surface area contributed by atoms with E-state index in [1.807, 2.05) is 12.4 Å². The van der Waals surface area contributed by atoms with E-state index in [1.165, 1.54) is 11.1 Å². The predicted octanol–water partition coefficient (Wildman–Crippen LogP) is 2.08. The molecule has 1 aliphatic heterocycles. The van der Waals surface area contributed by atoms with Crippen molar-refractivity contribution in [3.05, 3.63) is 66.0 Å². The van der Waals surface area contributed by atoms with Gasteiger partial charge in [0.15, 0.2) is 0 Å². The summed E-state index contributed by atoms with van der Waals surface area (Å²) < 4.78 is 0. The molecule has 1 aliphatic rings. The van der Waals surface area contributed by atoms with Crippen molar-refractivity contribution in [3.63, 3.8) is 0 Å². The second-order valence-electron chi connectivity index (χ2n) is 4.88. The van der Waals surface area contributed by atoms with Gasteiger partial charge >= 0.3 is 0 Å². The van der Waals surface area contributed by atoms with Crippen LogP contribution in [0.5, 0.6) is 0 Å². The fourth-order valence-electron chi connectivity index (χ4n) is 2.74. The molecule has 0 amide bonds. The Morgan fingerprint density at radius 3 is 2.21 bits per heavy atom. The SMILES string of the molecule is c1ccc([C@H](c2ccncc2)N2CCNCC2)cc1. The third-order valence-corrected chi connectivity index (χ3v) is 3.65. The van der Waals surface area contributed by atoms with Gasteiger partial charge in [-0.1, -0.05) is 30.3 Å². The third kappa shape index (κ3) is 2.83. The number of nitrogens with zero attached hydrogens (tertiary/aromatic N) is 2. The Morgan fingerprint density at radius 2 is 1.53 bits per heavy atom. The molecule has 1 saturated heterocycles. The molecule has 1 N–H and O–H groups in total. The van der Waals surface area contributed by atoms with E-state index in [4.69, 9.17) is 0 Å². The van der Waals surface area contributed by atoms with Gasteiger partial charge in [0.2, 0.25) is 0 Å². The van der Waals surface area contributed by atoms with Crippen LogP contribution in [0.2, 0.25) is 0 Å². The largest absolute Gasteiger partial charge is 0.314 e. The van der Waals surface area contributed by atoms with Crippen LogP contribution in [0.3, 0.4) is 0 Å². The van der Waals surface area contributed by atoms with Crippen molar-refractivity contribution in [2.45, 2.75) is 6.04 Å². The topological polar surface area (TPSA) is 28.2 Å². The van der Waals surface area contributed by atoms with Gasteiger partial charge < -0.3 is 5.32 Å². The fraction of sp³-hybridized carbons (Fsp3) is 0.312. The Labute approximate surface area is 114 Å². The first-order valence-electron chi connectivity index (χ1n) is 6.85. The van der Waals surface area contributed by atoms with Crippen molar-refractivity contribution in [2.75, 3.05) is 26.2 Å². The molecule has 1 aromatic heterocycles. The van der Waals surface area contributed by atoms with E-state index >= 15 is 0 Å². The van der Waals surface area contributed by atoms with Crippen LogP contribution in [0.25, 0.3) is 0 Å². The molecule has 0 spiro atoms. The second kappa shape index (κ2) is 5.95. The molecule has 0 bridgehead atoms. The molecule has 0 unspecified atom stereocenters. The van der Waals surface area contributed by atoms with Crippen molar-refractivity contribution >= 4 is 0 Å². The van der Waals surface area contributed by atoms with Crippen LogP contribution in [-0.4, -0.2) is 36.1 Å². The summed E-state index contributed by atoms with van der Waals surface area (Å²) in [5, 5.41) is 3.42. The summed E-state index contributed by atoms with van der Waals surface area (Å²) in [4.78, 5) is 6.68. The zero-order valence-corrected chi connectivity index (χ0v) is 11.0. The zero-order valence-electron chi connectivity index (χ0n) is 11.0. The number of hydrogen-bond donors (Lipinski definition) is 1. The highest BCUT2D eigenvalue weighted by atomic mass is 15.2. The smallest absolute Gasteiger partial charge is 0.0603 e. The van der Waals surface area contributed by atoms with E-state index in [0.29, 0.717) is 6.04 Å². The van der Waals surface area contributed by atoms with Crippen LogP contribution >= 0.6 is 0 Å². The van der Waals surface area contributed by atoms with E-state index in [2.05, 4.69) is 57.7 Å². The van der Waals surface area contributed by atoms with Crippen molar-refractivity contribution in [3.8, 4) is 0 Å².